The average molecular weight is 962 g/mol. The Hall–Kier alpha value is -6.65. The second-order valence-corrected chi connectivity index (χ2v) is 18.1. The van der Waals surface area contributed by atoms with E-state index in [0.717, 1.165) is 0 Å². The molecule has 0 unspecified atom stereocenters. The van der Waals surface area contributed by atoms with E-state index >= 15 is 0 Å². The van der Waals surface area contributed by atoms with Crippen molar-refractivity contribution in [2.75, 3.05) is 6.54 Å². The van der Waals surface area contributed by atoms with Crippen LogP contribution in [0.25, 0.3) is 0 Å². The summed E-state index contributed by atoms with van der Waals surface area (Å²) in [6.07, 6.45) is -1.87. The van der Waals surface area contributed by atoms with Gasteiger partial charge in [-0.05, 0) is 55.4 Å². The number of hydrogen-bond donors (Lipinski definition) is 12. The number of nitrogens with two attached hydrogens (primary N) is 1. The number of nitrogens with one attached hydrogen (secondary N) is 8. The molecular weight excluding hydrogens is 891 g/mol. The van der Waals surface area contributed by atoms with Crippen molar-refractivity contribution in [1.82, 2.24) is 42.5 Å². The first-order chi connectivity index (χ1) is 31.7. The summed E-state index contributed by atoms with van der Waals surface area (Å²) in [6, 6.07) is -2.86. The molecule has 380 valence electrons. The van der Waals surface area contributed by atoms with Crippen molar-refractivity contribution < 1.29 is 68.1 Å². The smallest absolute Gasteiger partial charge is 0.326 e. The van der Waals surface area contributed by atoms with E-state index in [4.69, 9.17) is 5.73 Å². The van der Waals surface area contributed by atoms with E-state index in [2.05, 4.69) is 42.5 Å². The first-order valence-corrected chi connectivity index (χ1v) is 22.5. The van der Waals surface area contributed by atoms with Gasteiger partial charge in [0.05, 0.1) is 13.0 Å². The Balaban J connectivity index is 3.35. The van der Waals surface area contributed by atoms with Crippen LogP contribution in [0.5, 0.6) is 0 Å². The Morgan fingerprint density at radius 3 is 1.41 bits per heavy atom. The number of carboxylic acids is 3. The topological polar surface area (TPSA) is 371 Å². The second-order valence-electron chi connectivity index (χ2n) is 18.1. The van der Waals surface area contributed by atoms with Crippen LogP contribution in [0.3, 0.4) is 0 Å². The molecule has 1 rings (SSSR count). The third-order valence-corrected chi connectivity index (χ3v) is 10.3. The Morgan fingerprint density at radius 2 is 0.926 bits per heavy atom. The fourth-order valence-corrected chi connectivity index (χ4v) is 6.68. The molecule has 0 aliphatic carbocycles. The zero-order valence-corrected chi connectivity index (χ0v) is 40.2. The zero-order chi connectivity index (χ0) is 52.0. The molecule has 0 saturated heterocycles. The molecule has 0 spiro atoms. The Kier molecular flexibility index (Phi) is 25.5. The summed E-state index contributed by atoms with van der Waals surface area (Å²) in [5.74, 6) is -12.9. The first kappa shape index (κ1) is 59.4. The van der Waals surface area contributed by atoms with Crippen molar-refractivity contribution in [2.45, 2.75) is 149 Å². The lowest BCUT2D eigenvalue weighted by Gasteiger charge is -2.30. The highest BCUT2D eigenvalue weighted by Crippen LogP contribution is 2.12. The van der Waals surface area contributed by atoms with Gasteiger partial charge in [-0.3, -0.25) is 47.9 Å². The van der Waals surface area contributed by atoms with Gasteiger partial charge in [0, 0.05) is 12.8 Å². The molecule has 13 N–H and O–H groups in total. The molecule has 1 aromatic rings. The normalized spacial score (nSPS) is 14.7. The molecule has 8 atom stereocenters. The van der Waals surface area contributed by atoms with Crippen molar-refractivity contribution in [3.8, 4) is 0 Å². The summed E-state index contributed by atoms with van der Waals surface area (Å²) in [7, 11) is 0. The maximum Gasteiger partial charge on any atom is 0.326 e. The van der Waals surface area contributed by atoms with Crippen LogP contribution in [-0.4, -0.2) is 135 Å². The van der Waals surface area contributed by atoms with Gasteiger partial charge in [0.25, 0.3) is 0 Å². The van der Waals surface area contributed by atoms with E-state index in [1.807, 2.05) is 0 Å². The van der Waals surface area contributed by atoms with Crippen LogP contribution >= 0.6 is 0 Å². The molecule has 0 bridgehead atoms. The zero-order valence-electron chi connectivity index (χ0n) is 40.2. The summed E-state index contributed by atoms with van der Waals surface area (Å²) >= 11 is 0. The van der Waals surface area contributed by atoms with Gasteiger partial charge in [-0.1, -0.05) is 85.7 Å². The minimum Gasteiger partial charge on any atom is -0.481 e. The maximum absolute atomic E-state index is 13.9. The molecule has 0 radical (unpaired) electrons. The van der Waals surface area contributed by atoms with E-state index in [9.17, 15) is 68.1 Å². The van der Waals surface area contributed by atoms with Gasteiger partial charge in [-0.15, -0.1) is 0 Å². The van der Waals surface area contributed by atoms with E-state index in [1.165, 1.54) is 20.8 Å². The van der Waals surface area contributed by atoms with Gasteiger partial charge in [-0.25, -0.2) is 4.79 Å². The molecule has 23 nitrogen and oxygen atoms in total. The highest BCUT2D eigenvalue weighted by molar-refractivity contribution is 5.99. The number of carbonyl (C=O) groups is 11. The average Bonchev–Trinajstić information content (AvgIpc) is 3.24. The van der Waals surface area contributed by atoms with Crippen LogP contribution in [0.15, 0.2) is 30.3 Å². The van der Waals surface area contributed by atoms with Crippen LogP contribution in [0.1, 0.15) is 100.0 Å². The molecule has 8 amide bonds. The molecule has 0 aliphatic rings. The molecule has 0 aromatic heterocycles. The van der Waals surface area contributed by atoms with Crippen molar-refractivity contribution in [3.63, 3.8) is 0 Å². The molecule has 1 aromatic carbocycles. The van der Waals surface area contributed by atoms with Gasteiger partial charge in [0.15, 0.2) is 0 Å². The van der Waals surface area contributed by atoms with Crippen molar-refractivity contribution in [1.29, 1.82) is 0 Å². The Morgan fingerprint density at radius 1 is 0.485 bits per heavy atom. The number of amides is 8. The second kappa shape index (κ2) is 29.2. The number of carbonyl (C=O) groups excluding carboxylic acids is 8. The quantitative estimate of drug-likeness (QED) is 0.0436. The summed E-state index contributed by atoms with van der Waals surface area (Å²) in [6.45, 7) is 14.2. The van der Waals surface area contributed by atoms with E-state index < -0.39 is 151 Å². The molecule has 0 aliphatic heterocycles. The van der Waals surface area contributed by atoms with Crippen LogP contribution < -0.4 is 48.3 Å². The summed E-state index contributed by atoms with van der Waals surface area (Å²) in [5.41, 5.74) is 5.95. The third kappa shape index (κ3) is 21.8. The standard InChI is InChI=1S/C45H71N9O14/c1-22(2)17-29(48-33(55)21-46)40(62)47-26(9)38(60)50-31(20-35(58)59)42(64)53-37(25(7)8)44(66)54-36(24(5)6)43(65)49-28(15-16-34(56)57)39(61)51-30(19-27-13-11-10-12-14-27)41(63)52-32(45(67)68)18-23(3)4/h10-14,22-26,28-32,36-37H,15-21,46H2,1-9H3,(H,47,62)(H,48,55)(H,49,65)(H,50,60)(H,51,61)(H,52,63)(H,53,64)(H,54,66)(H,56,57)(H,58,59)(H,67,68)/t26-,28-,29-,30-,31-,32-,36-,37-/m0/s1. The van der Waals surface area contributed by atoms with Crippen molar-refractivity contribution >= 4 is 65.2 Å². The predicted molar refractivity (Wildman–Crippen MR) is 246 cm³/mol. The van der Waals surface area contributed by atoms with Crippen LogP contribution in [0, 0.1) is 23.7 Å². The fourth-order valence-electron chi connectivity index (χ4n) is 6.68. The summed E-state index contributed by atoms with van der Waals surface area (Å²) in [4.78, 5) is 143. The number of hydrogen-bond acceptors (Lipinski definition) is 12. The van der Waals surface area contributed by atoms with Crippen LogP contribution in [0.2, 0.25) is 0 Å². The summed E-state index contributed by atoms with van der Waals surface area (Å²) < 4.78 is 0. The van der Waals surface area contributed by atoms with Crippen molar-refractivity contribution in [2.24, 2.45) is 29.4 Å². The van der Waals surface area contributed by atoms with Gasteiger partial charge in [0.2, 0.25) is 47.3 Å². The molecular formula is C45H71N9O14. The first-order valence-electron chi connectivity index (χ1n) is 22.5. The highest BCUT2D eigenvalue weighted by atomic mass is 16.4. The van der Waals surface area contributed by atoms with E-state index in [1.54, 1.807) is 71.9 Å². The van der Waals surface area contributed by atoms with Gasteiger partial charge >= 0.3 is 17.9 Å². The summed E-state index contributed by atoms with van der Waals surface area (Å²) in [5, 5.41) is 48.5. The van der Waals surface area contributed by atoms with Gasteiger partial charge in [0.1, 0.15) is 48.3 Å². The predicted octanol–water partition coefficient (Wildman–Crippen LogP) is -1.09. The minimum atomic E-state index is -1.77. The number of carboxylic acid groups (broad SMARTS) is 3. The third-order valence-electron chi connectivity index (χ3n) is 10.3. The number of aliphatic carboxylic acids is 3. The maximum atomic E-state index is 13.9. The van der Waals surface area contributed by atoms with E-state index in [0.29, 0.717) is 5.56 Å². The molecule has 23 heteroatoms. The Bertz CT molecular complexity index is 1930. The van der Waals surface area contributed by atoms with Crippen molar-refractivity contribution in [3.05, 3.63) is 35.9 Å². The highest BCUT2D eigenvalue weighted by Gasteiger charge is 2.36. The lowest BCUT2D eigenvalue weighted by Crippen LogP contribution is -2.62. The molecule has 0 heterocycles. The lowest BCUT2D eigenvalue weighted by molar-refractivity contribution is -0.143. The molecule has 0 fully saturated rings. The number of benzene rings is 1. The Labute approximate surface area is 396 Å². The lowest BCUT2D eigenvalue weighted by atomic mass is 9.98. The van der Waals surface area contributed by atoms with Crippen LogP contribution in [-0.2, 0) is 59.2 Å². The molecule has 68 heavy (non-hydrogen) atoms. The van der Waals surface area contributed by atoms with Crippen LogP contribution in [0.4, 0.5) is 0 Å². The SMILES string of the molecule is CC(C)C[C@H](NC(=O)[C@H](Cc1ccccc1)NC(=O)[C@H](CCC(=O)O)NC(=O)[C@@H](NC(=O)[C@@H](NC(=O)[C@H](CC(=O)O)NC(=O)[C@H](C)NC(=O)[C@H](CC(C)C)NC(=O)CN)C(C)C)C(C)C)C(=O)O. The minimum absolute atomic E-state index is 0.0538. The van der Waals surface area contributed by atoms with Gasteiger partial charge in [-0.2, -0.15) is 0 Å². The fraction of sp³-hybridized carbons (Fsp3) is 0.622. The molecule has 0 saturated carbocycles. The number of rotatable bonds is 30. The largest absolute Gasteiger partial charge is 0.481 e. The monoisotopic (exact) mass is 962 g/mol. The van der Waals surface area contributed by atoms with Gasteiger partial charge < -0.3 is 63.6 Å². The van der Waals surface area contributed by atoms with E-state index in [-0.39, 0.29) is 31.1 Å².